The molecule has 6 heteroatoms. The standard InChI is InChI=1S/C56H109NO5/c1-3-5-7-9-11-13-15-17-19-21-22-23-24-25-26-27-28-29-30-31-32-34-35-37-39-41-43-45-47-49-53(59)55(61)52(51-58)57-56(62)54(60)50-48-46-44-42-40-38-36-33-20-18-16-14-12-10-8-6-4-2/h34-35,41,43,52-55,58-61H,3-33,36-40,42,44-51H2,1-2H3,(H,57,62)/b35-34+,43-41+. The third-order valence-corrected chi connectivity index (χ3v) is 13.1. The minimum atomic E-state index is -1.29. The van der Waals surface area contributed by atoms with Crippen LogP contribution in [0.3, 0.4) is 0 Å². The first kappa shape index (κ1) is 60.8. The summed E-state index contributed by atoms with van der Waals surface area (Å²) in [6, 6.07) is -1.01. The number of hydrogen-bond acceptors (Lipinski definition) is 5. The van der Waals surface area contributed by atoms with E-state index in [4.69, 9.17) is 0 Å². The smallest absolute Gasteiger partial charge is 0.249 e. The summed E-state index contributed by atoms with van der Waals surface area (Å²) in [6.45, 7) is 4.07. The van der Waals surface area contributed by atoms with Gasteiger partial charge in [0.15, 0.2) is 0 Å². The van der Waals surface area contributed by atoms with Crippen molar-refractivity contribution in [1.82, 2.24) is 5.32 Å². The molecule has 0 radical (unpaired) electrons. The van der Waals surface area contributed by atoms with E-state index in [0.29, 0.717) is 19.3 Å². The van der Waals surface area contributed by atoms with E-state index in [9.17, 15) is 25.2 Å². The zero-order valence-electron chi connectivity index (χ0n) is 41.6. The zero-order chi connectivity index (χ0) is 45.2. The van der Waals surface area contributed by atoms with Crippen molar-refractivity contribution >= 4 is 5.91 Å². The third kappa shape index (κ3) is 44.0. The lowest BCUT2D eigenvalue weighted by molar-refractivity contribution is -0.132. The van der Waals surface area contributed by atoms with Gasteiger partial charge in [0.25, 0.3) is 0 Å². The van der Waals surface area contributed by atoms with Crippen molar-refractivity contribution in [3.63, 3.8) is 0 Å². The average Bonchev–Trinajstić information content (AvgIpc) is 3.28. The van der Waals surface area contributed by atoms with Crippen molar-refractivity contribution in [2.45, 2.75) is 321 Å². The van der Waals surface area contributed by atoms with Gasteiger partial charge < -0.3 is 25.7 Å². The van der Waals surface area contributed by atoms with E-state index in [1.54, 1.807) is 0 Å². The summed E-state index contributed by atoms with van der Waals surface area (Å²) in [7, 11) is 0. The monoisotopic (exact) mass is 876 g/mol. The first-order chi connectivity index (χ1) is 30.5. The van der Waals surface area contributed by atoms with Crippen LogP contribution in [0.15, 0.2) is 24.3 Å². The Kier molecular flexibility index (Phi) is 49.8. The van der Waals surface area contributed by atoms with Crippen LogP contribution in [0.4, 0.5) is 0 Å². The van der Waals surface area contributed by atoms with Crippen LogP contribution >= 0.6 is 0 Å². The molecule has 0 bridgehead atoms. The molecule has 4 atom stereocenters. The van der Waals surface area contributed by atoms with Crippen molar-refractivity contribution in [2.75, 3.05) is 6.61 Å². The Morgan fingerprint density at radius 3 is 1.02 bits per heavy atom. The number of nitrogens with one attached hydrogen (secondary N) is 1. The molecule has 0 heterocycles. The maximum Gasteiger partial charge on any atom is 0.249 e. The lowest BCUT2D eigenvalue weighted by Gasteiger charge is -2.27. The van der Waals surface area contributed by atoms with Crippen molar-refractivity contribution in [3.8, 4) is 0 Å². The molecule has 4 unspecified atom stereocenters. The number of hydrogen-bond donors (Lipinski definition) is 5. The minimum Gasteiger partial charge on any atom is -0.394 e. The predicted octanol–water partition coefficient (Wildman–Crippen LogP) is 15.9. The van der Waals surface area contributed by atoms with Crippen LogP contribution in [-0.4, -0.2) is 57.3 Å². The molecule has 5 N–H and O–H groups in total. The summed E-state index contributed by atoms with van der Waals surface area (Å²) in [5.41, 5.74) is 0. The summed E-state index contributed by atoms with van der Waals surface area (Å²) in [5.74, 6) is -0.593. The summed E-state index contributed by atoms with van der Waals surface area (Å²) in [4.78, 5) is 12.6. The normalized spacial score (nSPS) is 14.0. The number of carbonyl (C=O) groups is 1. The molecule has 6 nitrogen and oxygen atoms in total. The number of unbranched alkanes of at least 4 members (excludes halogenated alkanes) is 38. The molecule has 0 aromatic carbocycles. The predicted molar refractivity (Wildman–Crippen MR) is 270 cm³/mol. The van der Waals surface area contributed by atoms with Crippen LogP contribution in [0.25, 0.3) is 0 Å². The van der Waals surface area contributed by atoms with Gasteiger partial charge in [-0.2, -0.15) is 0 Å². The molecule has 0 aromatic rings. The molecule has 0 aromatic heterocycles. The average molecular weight is 876 g/mol. The molecule has 0 saturated heterocycles. The second-order valence-electron chi connectivity index (χ2n) is 19.3. The Hall–Kier alpha value is -1.21. The first-order valence-corrected chi connectivity index (χ1v) is 27.7. The van der Waals surface area contributed by atoms with Crippen LogP contribution in [0.2, 0.25) is 0 Å². The highest BCUT2D eigenvalue weighted by atomic mass is 16.3. The third-order valence-electron chi connectivity index (χ3n) is 13.1. The van der Waals surface area contributed by atoms with Crippen LogP contribution in [0, 0.1) is 0 Å². The molecule has 0 aliphatic rings. The Balaban J connectivity index is 3.66. The molecule has 0 fully saturated rings. The molecule has 0 rings (SSSR count). The van der Waals surface area contributed by atoms with E-state index in [0.717, 1.165) is 38.5 Å². The molecule has 1 amide bonds. The summed E-state index contributed by atoms with van der Waals surface area (Å²) >= 11 is 0. The van der Waals surface area contributed by atoms with Gasteiger partial charge in [0, 0.05) is 0 Å². The Labute approximate surface area is 386 Å². The number of carbonyl (C=O) groups excluding carboxylic acids is 1. The molecular formula is C56H109NO5. The van der Waals surface area contributed by atoms with Crippen LogP contribution in [0.1, 0.15) is 296 Å². The molecular weight excluding hydrogens is 767 g/mol. The fourth-order valence-corrected chi connectivity index (χ4v) is 8.78. The first-order valence-electron chi connectivity index (χ1n) is 27.7. The van der Waals surface area contributed by atoms with Gasteiger partial charge in [0.05, 0.1) is 18.8 Å². The zero-order valence-corrected chi connectivity index (χ0v) is 41.6. The van der Waals surface area contributed by atoms with Crippen LogP contribution < -0.4 is 5.32 Å². The lowest BCUT2D eigenvalue weighted by atomic mass is 10.00. The fraction of sp³-hybridized carbons (Fsp3) is 0.911. The highest BCUT2D eigenvalue weighted by Gasteiger charge is 2.28. The van der Waals surface area contributed by atoms with E-state index in [-0.39, 0.29) is 0 Å². The van der Waals surface area contributed by atoms with Crippen molar-refractivity contribution in [3.05, 3.63) is 24.3 Å². The summed E-state index contributed by atoms with van der Waals surface area (Å²) < 4.78 is 0. The van der Waals surface area contributed by atoms with Crippen LogP contribution in [-0.2, 0) is 4.79 Å². The van der Waals surface area contributed by atoms with Crippen molar-refractivity contribution in [1.29, 1.82) is 0 Å². The molecule has 0 aliphatic heterocycles. The fourth-order valence-electron chi connectivity index (χ4n) is 8.78. The molecule has 0 saturated carbocycles. The van der Waals surface area contributed by atoms with Gasteiger partial charge in [0.1, 0.15) is 12.2 Å². The second kappa shape index (κ2) is 50.8. The Morgan fingerprint density at radius 2 is 0.677 bits per heavy atom. The van der Waals surface area contributed by atoms with Crippen LogP contribution in [0.5, 0.6) is 0 Å². The Morgan fingerprint density at radius 1 is 0.387 bits per heavy atom. The lowest BCUT2D eigenvalue weighted by Crippen LogP contribution is -2.53. The summed E-state index contributed by atoms with van der Waals surface area (Å²) in [5, 5.41) is 43.9. The maximum atomic E-state index is 12.6. The number of aliphatic hydroxyl groups is 4. The second-order valence-corrected chi connectivity index (χ2v) is 19.3. The largest absolute Gasteiger partial charge is 0.394 e. The highest BCUT2D eigenvalue weighted by molar-refractivity contribution is 5.80. The van der Waals surface area contributed by atoms with E-state index in [1.165, 1.54) is 225 Å². The highest BCUT2D eigenvalue weighted by Crippen LogP contribution is 2.18. The van der Waals surface area contributed by atoms with E-state index < -0.39 is 36.9 Å². The van der Waals surface area contributed by atoms with Crippen molar-refractivity contribution in [2.24, 2.45) is 0 Å². The quantitative estimate of drug-likeness (QED) is 0.0309. The van der Waals surface area contributed by atoms with Gasteiger partial charge in [-0.25, -0.2) is 0 Å². The van der Waals surface area contributed by atoms with Gasteiger partial charge in [-0.05, 0) is 51.4 Å². The number of aliphatic hydroxyl groups excluding tert-OH is 4. The number of allylic oxidation sites excluding steroid dienone is 4. The number of amides is 1. The molecule has 0 aliphatic carbocycles. The Bertz CT molecular complexity index is 939. The van der Waals surface area contributed by atoms with E-state index in [2.05, 4.69) is 43.5 Å². The minimum absolute atomic E-state index is 0.364. The molecule has 62 heavy (non-hydrogen) atoms. The SMILES string of the molecule is CCCCCCCCCCCCCCCCCCCCCC/C=C/CC/C=C/CCCC(O)C(O)C(CO)NC(=O)C(O)CCCCCCCCCCCCCCCCCCC. The van der Waals surface area contributed by atoms with Gasteiger partial charge in [0.2, 0.25) is 5.91 Å². The van der Waals surface area contributed by atoms with Gasteiger partial charge in [-0.1, -0.05) is 269 Å². The topological polar surface area (TPSA) is 110 Å². The van der Waals surface area contributed by atoms with Crippen molar-refractivity contribution < 1.29 is 25.2 Å². The summed E-state index contributed by atoms with van der Waals surface area (Å²) in [6.07, 6.45) is 61.1. The van der Waals surface area contributed by atoms with Gasteiger partial charge in [-0.3, -0.25) is 4.79 Å². The van der Waals surface area contributed by atoms with E-state index >= 15 is 0 Å². The molecule has 0 spiro atoms. The van der Waals surface area contributed by atoms with Gasteiger partial charge >= 0.3 is 0 Å². The number of rotatable bonds is 51. The molecule has 368 valence electrons. The maximum absolute atomic E-state index is 12.6. The van der Waals surface area contributed by atoms with Gasteiger partial charge in [-0.15, -0.1) is 0 Å². The van der Waals surface area contributed by atoms with E-state index in [1.807, 2.05) is 0 Å².